The van der Waals surface area contributed by atoms with Gasteiger partial charge in [0, 0.05) is 18.7 Å². The minimum Gasteiger partial charge on any atom is -0.453 e. The molecule has 136 valence electrons. The fraction of sp³-hybridized carbons (Fsp3) is 0.235. The predicted octanol–water partition coefficient (Wildman–Crippen LogP) is 4.60. The number of carbonyl (C=O) groups is 1. The molecule has 0 aliphatic rings. The molecule has 0 aliphatic carbocycles. The van der Waals surface area contributed by atoms with Gasteiger partial charge in [0.25, 0.3) is 5.91 Å². The average molecular weight is 391 g/mol. The number of rotatable bonds is 5. The highest BCUT2D eigenvalue weighted by molar-refractivity contribution is 6.32. The Bertz CT molecular complexity index is 773. The van der Waals surface area contributed by atoms with E-state index in [0.29, 0.717) is 6.42 Å². The number of nitrogens with one attached hydrogen (secondary N) is 1. The Hall–Kier alpha value is -1.89. The lowest BCUT2D eigenvalue weighted by Crippen LogP contribution is -2.19. The van der Waals surface area contributed by atoms with Crippen LogP contribution in [0.2, 0.25) is 5.02 Å². The van der Waals surface area contributed by atoms with Crippen molar-refractivity contribution in [3.63, 3.8) is 0 Å². The first-order chi connectivity index (χ1) is 11.4. The van der Waals surface area contributed by atoms with E-state index >= 15 is 0 Å². The van der Waals surface area contributed by atoms with Gasteiger partial charge in [-0.25, -0.2) is 8.78 Å². The number of halogens is 4. The molecule has 0 aromatic heterocycles. The molecule has 4 nitrogen and oxygen atoms in total. The summed E-state index contributed by atoms with van der Waals surface area (Å²) in [5.41, 5.74) is 5.92. The number of amides is 1. The number of hydrogen-bond donors (Lipinski definition) is 2. The lowest BCUT2D eigenvalue weighted by atomic mass is 10.0. The standard InChI is InChI=1S/C17H17ClF2N2O2.ClH/c1-3-14(21)10-5-6-12(18)16(15(10)20)24-9-4-7-13(19)11(8-9)17(23)22-2;/h4-8,14H,3,21H2,1-2H3,(H,22,23);1H/t14-;/m1./s1. The molecule has 2 rings (SSSR count). The van der Waals surface area contributed by atoms with Crippen LogP contribution in [0.15, 0.2) is 30.3 Å². The zero-order valence-electron chi connectivity index (χ0n) is 13.6. The van der Waals surface area contributed by atoms with Crippen LogP contribution in [0.4, 0.5) is 8.78 Å². The van der Waals surface area contributed by atoms with Gasteiger partial charge in [-0.15, -0.1) is 12.4 Å². The van der Waals surface area contributed by atoms with Gasteiger partial charge in [0.2, 0.25) is 0 Å². The van der Waals surface area contributed by atoms with Gasteiger partial charge >= 0.3 is 0 Å². The molecular formula is C17H18Cl2F2N2O2. The zero-order valence-corrected chi connectivity index (χ0v) is 15.2. The molecule has 0 heterocycles. The summed E-state index contributed by atoms with van der Waals surface area (Å²) in [5, 5.41) is 2.36. The van der Waals surface area contributed by atoms with Crippen molar-refractivity contribution in [2.75, 3.05) is 7.05 Å². The molecule has 0 fully saturated rings. The van der Waals surface area contributed by atoms with Gasteiger partial charge in [-0.2, -0.15) is 0 Å². The van der Waals surface area contributed by atoms with Gasteiger partial charge in [-0.1, -0.05) is 24.6 Å². The summed E-state index contributed by atoms with van der Waals surface area (Å²) in [4.78, 5) is 11.6. The highest BCUT2D eigenvalue weighted by Gasteiger charge is 2.19. The molecule has 0 bridgehead atoms. The zero-order chi connectivity index (χ0) is 17.9. The van der Waals surface area contributed by atoms with Gasteiger partial charge in [-0.05, 0) is 30.7 Å². The molecule has 8 heteroatoms. The van der Waals surface area contributed by atoms with Gasteiger partial charge in [0.15, 0.2) is 11.6 Å². The fourth-order valence-corrected chi connectivity index (χ4v) is 2.33. The number of hydrogen-bond acceptors (Lipinski definition) is 3. The van der Waals surface area contributed by atoms with Gasteiger partial charge in [0.05, 0.1) is 10.6 Å². The Morgan fingerprint density at radius 3 is 2.60 bits per heavy atom. The van der Waals surface area contributed by atoms with Crippen LogP contribution >= 0.6 is 24.0 Å². The quantitative estimate of drug-likeness (QED) is 0.783. The van der Waals surface area contributed by atoms with Crippen LogP contribution in [0.1, 0.15) is 35.3 Å². The van der Waals surface area contributed by atoms with E-state index in [4.69, 9.17) is 22.1 Å². The summed E-state index contributed by atoms with van der Waals surface area (Å²) in [7, 11) is 1.38. The Morgan fingerprint density at radius 1 is 1.32 bits per heavy atom. The number of carbonyl (C=O) groups excluding carboxylic acids is 1. The first-order valence-corrected chi connectivity index (χ1v) is 7.69. The van der Waals surface area contributed by atoms with Gasteiger partial charge in [-0.3, -0.25) is 4.79 Å². The molecule has 1 amide bonds. The maximum absolute atomic E-state index is 14.6. The minimum atomic E-state index is -0.713. The molecule has 2 aromatic rings. The van der Waals surface area contributed by atoms with E-state index in [1.165, 1.54) is 31.3 Å². The van der Waals surface area contributed by atoms with Crippen molar-refractivity contribution in [3.05, 3.63) is 58.1 Å². The molecule has 0 saturated carbocycles. The van der Waals surface area contributed by atoms with Crippen molar-refractivity contribution >= 4 is 29.9 Å². The summed E-state index contributed by atoms with van der Waals surface area (Å²) in [6.45, 7) is 1.83. The van der Waals surface area contributed by atoms with E-state index in [1.807, 2.05) is 6.92 Å². The first-order valence-electron chi connectivity index (χ1n) is 7.32. The molecule has 0 spiro atoms. The van der Waals surface area contributed by atoms with Crippen molar-refractivity contribution in [1.82, 2.24) is 5.32 Å². The summed E-state index contributed by atoms with van der Waals surface area (Å²) < 4.78 is 33.8. The second kappa shape index (κ2) is 8.99. The SMILES string of the molecule is CC[C@@H](N)c1ccc(Cl)c(Oc2ccc(F)c(C(=O)NC)c2)c1F.Cl. The van der Waals surface area contributed by atoms with Crippen LogP contribution in [0, 0.1) is 11.6 Å². The second-order valence-corrected chi connectivity index (χ2v) is 5.52. The maximum Gasteiger partial charge on any atom is 0.254 e. The normalized spacial score (nSPS) is 11.4. The lowest BCUT2D eigenvalue weighted by molar-refractivity contribution is 0.0958. The summed E-state index contributed by atoms with van der Waals surface area (Å²) in [6, 6.07) is 6.00. The molecule has 0 radical (unpaired) electrons. The maximum atomic E-state index is 14.6. The molecular weight excluding hydrogens is 373 g/mol. The van der Waals surface area contributed by atoms with Crippen LogP contribution in [0.5, 0.6) is 11.5 Å². The Labute approximate surface area is 155 Å². The minimum absolute atomic E-state index is 0. The molecule has 0 unspecified atom stereocenters. The molecule has 25 heavy (non-hydrogen) atoms. The van der Waals surface area contributed by atoms with Crippen molar-refractivity contribution in [2.45, 2.75) is 19.4 Å². The smallest absolute Gasteiger partial charge is 0.254 e. The van der Waals surface area contributed by atoms with Crippen LogP contribution in [-0.4, -0.2) is 13.0 Å². The molecule has 3 N–H and O–H groups in total. The highest BCUT2D eigenvalue weighted by atomic mass is 35.5. The van der Waals surface area contributed by atoms with Crippen molar-refractivity contribution < 1.29 is 18.3 Å². The van der Waals surface area contributed by atoms with E-state index in [0.717, 1.165) is 6.07 Å². The topological polar surface area (TPSA) is 64.3 Å². The third kappa shape index (κ3) is 4.60. The van der Waals surface area contributed by atoms with Gasteiger partial charge < -0.3 is 15.8 Å². The van der Waals surface area contributed by atoms with Gasteiger partial charge in [0.1, 0.15) is 11.6 Å². The molecule has 0 saturated heterocycles. The van der Waals surface area contributed by atoms with Crippen LogP contribution in [0.3, 0.4) is 0 Å². The van der Waals surface area contributed by atoms with E-state index in [9.17, 15) is 13.6 Å². The van der Waals surface area contributed by atoms with Crippen molar-refractivity contribution in [2.24, 2.45) is 5.73 Å². The fourth-order valence-electron chi connectivity index (χ4n) is 2.14. The molecule has 1 atom stereocenters. The lowest BCUT2D eigenvalue weighted by Gasteiger charge is -2.15. The number of ether oxygens (including phenoxy) is 1. The van der Waals surface area contributed by atoms with Crippen LogP contribution in [0.25, 0.3) is 0 Å². The highest BCUT2D eigenvalue weighted by Crippen LogP contribution is 2.36. The third-order valence-electron chi connectivity index (χ3n) is 3.55. The summed E-state index contributed by atoms with van der Waals surface area (Å²) in [5.74, 6) is -2.14. The van der Waals surface area contributed by atoms with Crippen LogP contribution in [-0.2, 0) is 0 Å². The van der Waals surface area contributed by atoms with E-state index in [2.05, 4.69) is 5.32 Å². The average Bonchev–Trinajstić information content (AvgIpc) is 2.58. The third-order valence-corrected chi connectivity index (χ3v) is 3.85. The van der Waals surface area contributed by atoms with E-state index in [1.54, 1.807) is 0 Å². The Kier molecular flexibility index (Phi) is 7.60. The molecule has 2 aromatic carbocycles. The largest absolute Gasteiger partial charge is 0.453 e. The molecule has 0 aliphatic heterocycles. The summed E-state index contributed by atoms with van der Waals surface area (Å²) >= 11 is 6.00. The van der Waals surface area contributed by atoms with E-state index in [-0.39, 0.29) is 40.1 Å². The predicted molar refractivity (Wildman–Crippen MR) is 95.7 cm³/mol. The number of nitrogens with two attached hydrogens (primary N) is 1. The van der Waals surface area contributed by atoms with Crippen molar-refractivity contribution in [3.8, 4) is 11.5 Å². The van der Waals surface area contributed by atoms with Crippen molar-refractivity contribution in [1.29, 1.82) is 0 Å². The first kappa shape index (κ1) is 21.2. The summed E-state index contributed by atoms with van der Waals surface area (Å²) in [6.07, 6.45) is 0.537. The monoisotopic (exact) mass is 390 g/mol. The Morgan fingerprint density at radius 2 is 2.00 bits per heavy atom. The van der Waals surface area contributed by atoms with E-state index < -0.39 is 23.6 Å². The Balaban J connectivity index is 0.00000312. The number of benzene rings is 2. The second-order valence-electron chi connectivity index (χ2n) is 5.12. The van der Waals surface area contributed by atoms with Crippen LogP contribution < -0.4 is 15.8 Å².